The first-order chi connectivity index (χ1) is 11.6. The third kappa shape index (κ3) is 4.52. The summed E-state index contributed by atoms with van der Waals surface area (Å²) in [5.74, 6) is -0.235. The number of aliphatic hydroxyl groups is 1. The Balaban J connectivity index is 2.19. The predicted molar refractivity (Wildman–Crippen MR) is 94.0 cm³/mol. The molecule has 2 aromatic rings. The SMILES string of the molecule is C=CCn1ncc(CN(Cc2ccc(F)cc2)[C@H](CC)CO)c1C. The number of rotatable bonds is 9. The molecule has 130 valence electrons. The highest BCUT2D eigenvalue weighted by Gasteiger charge is 2.19. The van der Waals surface area contributed by atoms with Crippen molar-refractivity contribution in [3.63, 3.8) is 0 Å². The molecule has 2 rings (SSSR count). The van der Waals surface area contributed by atoms with E-state index in [0.717, 1.165) is 23.2 Å². The van der Waals surface area contributed by atoms with Crippen LogP contribution in [0.3, 0.4) is 0 Å². The van der Waals surface area contributed by atoms with E-state index in [0.29, 0.717) is 19.6 Å². The highest BCUT2D eigenvalue weighted by atomic mass is 19.1. The maximum Gasteiger partial charge on any atom is 0.123 e. The smallest absolute Gasteiger partial charge is 0.123 e. The van der Waals surface area contributed by atoms with E-state index in [2.05, 4.69) is 23.5 Å². The van der Waals surface area contributed by atoms with Crippen LogP contribution in [-0.2, 0) is 19.6 Å². The minimum Gasteiger partial charge on any atom is -0.395 e. The first kappa shape index (κ1) is 18.4. The topological polar surface area (TPSA) is 41.3 Å². The fraction of sp³-hybridized carbons (Fsp3) is 0.421. The van der Waals surface area contributed by atoms with Crippen LogP contribution in [0.2, 0.25) is 0 Å². The Kier molecular flexibility index (Phi) is 6.70. The Hall–Kier alpha value is -1.98. The first-order valence-corrected chi connectivity index (χ1v) is 8.30. The molecule has 5 heteroatoms. The number of hydrogen-bond acceptors (Lipinski definition) is 3. The molecule has 1 aromatic carbocycles. The van der Waals surface area contributed by atoms with Crippen molar-refractivity contribution in [1.82, 2.24) is 14.7 Å². The van der Waals surface area contributed by atoms with Gasteiger partial charge in [0.05, 0.1) is 19.3 Å². The van der Waals surface area contributed by atoms with Gasteiger partial charge in [-0.1, -0.05) is 25.1 Å². The molecule has 0 saturated heterocycles. The lowest BCUT2D eigenvalue weighted by atomic mass is 10.1. The molecule has 0 aliphatic rings. The van der Waals surface area contributed by atoms with Crippen molar-refractivity contribution in [2.75, 3.05) is 6.61 Å². The number of nitrogens with zero attached hydrogens (tertiary/aromatic N) is 3. The van der Waals surface area contributed by atoms with Crippen molar-refractivity contribution in [2.45, 2.75) is 45.9 Å². The summed E-state index contributed by atoms with van der Waals surface area (Å²) in [7, 11) is 0. The normalized spacial score (nSPS) is 12.5. The lowest BCUT2D eigenvalue weighted by molar-refractivity contribution is 0.106. The molecular weight excluding hydrogens is 305 g/mol. The number of hydrogen-bond donors (Lipinski definition) is 1. The molecule has 4 nitrogen and oxygen atoms in total. The molecule has 24 heavy (non-hydrogen) atoms. The van der Waals surface area contributed by atoms with Crippen molar-refractivity contribution < 1.29 is 9.50 Å². The molecule has 1 aromatic heterocycles. The van der Waals surface area contributed by atoms with Crippen LogP contribution in [0.15, 0.2) is 43.1 Å². The zero-order chi connectivity index (χ0) is 17.5. The van der Waals surface area contributed by atoms with Gasteiger partial charge in [-0.25, -0.2) is 4.39 Å². The van der Waals surface area contributed by atoms with Crippen LogP contribution in [0.5, 0.6) is 0 Å². The lowest BCUT2D eigenvalue weighted by Gasteiger charge is -2.30. The zero-order valence-corrected chi connectivity index (χ0v) is 14.5. The van der Waals surface area contributed by atoms with Crippen molar-refractivity contribution >= 4 is 0 Å². The maximum atomic E-state index is 13.1. The molecule has 0 aliphatic heterocycles. The van der Waals surface area contributed by atoms with Crippen molar-refractivity contribution in [2.24, 2.45) is 0 Å². The number of aromatic nitrogens is 2. The Morgan fingerprint density at radius 1 is 1.33 bits per heavy atom. The third-order valence-corrected chi connectivity index (χ3v) is 4.38. The molecule has 0 amide bonds. The number of aliphatic hydroxyl groups excluding tert-OH is 1. The van der Waals surface area contributed by atoms with Gasteiger partial charge in [0.2, 0.25) is 0 Å². The van der Waals surface area contributed by atoms with E-state index in [1.807, 2.05) is 23.9 Å². The molecule has 1 heterocycles. The van der Waals surface area contributed by atoms with E-state index < -0.39 is 0 Å². The first-order valence-electron chi connectivity index (χ1n) is 8.30. The van der Waals surface area contributed by atoms with Crippen LogP contribution in [0, 0.1) is 12.7 Å². The van der Waals surface area contributed by atoms with E-state index in [9.17, 15) is 9.50 Å². The Bertz CT molecular complexity index is 647. The van der Waals surface area contributed by atoms with Gasteiger partial charge >= 0.3 is 0 Å². The van der Waals surface area contributed by atoms with Gasteiger partial charge in [0, 0.05) is 30.4 Å². The minimum atomic E-state index is -0.235. The van der Waals surface area contributed by atoms with E-state index >= 15 is 0 Å². The van der Waals surface area contributed by atoms with Gasteiger partial charge in [-0.2, -0.15) is 5.10 Å². The van der Waals surface area contributed by atoms with E-state index in [4.69, 9.17) is 0 Å². The van der Waals surface area contributed by atoms with Crippen molar-refractivity contribution in [1.29, 1.82) is 0 Å². The predicted octanol–water partition coefficient (Wildman–Crippen LogP) is 3.29. The second-order valence-electron chi connectivity index (χ2n) is 6.00. The summed E-state index contributed by atoms with van der Waals surface area (Å²) in [5, 5.41) is 14.1. The molecule has 0 aliphatic carbocycles. The van der Waals surface area contributed by atoms with Gasteiger partial charge in [0.25, 0.3) is 0 Å². The standard InChI is InChI=1S/C19H26FN3O/c1-4-10-23-15(3)17(11-21-23)13-22(19(5-2)14-24)12-16-6-8-18(20)9-7-16/h4,6-9,11,19,24H,1,5,10,12-14H2,2-3H3/t19-/m1/s1. The summed E-state index contributed by atoms with van der Waals surface area (Å²) in [6.07, 6.45) is 4.54. The summed E-state index contributed by atoms with van der Waals surface area (Å²) < 4.78 is 15.0. The second-order valence-corrected chi connectivity index (χ2v) is 6.00. The maximum absolute atomic E-state index is 13.1. The summed E-state index contributed by atoms with van der Waals surface area (Å²) >= 11 is 0. The van der Waals surface area contributed by atoms with Crippen LogP contribution in [0.25, 0.3) is 0 Å². The van der Waals surface area contributed by atoms with Crippen LogP contribution < -0.4 is 0 Å². The fourth-order valence-electron chi connectivity index (χ4n) is 2.81. The Labute approximate surface area is 143 Å². The summed E-state index contributed by atoms with van der Waals surface area (Å²) in [6, 6.07) is 6.58. The van der Waals surface area contributed by atoms with Gasteiger partial charge in [-0.05, 0) is 31.0 Å². The average molecular weight is 331 g/mol. The Morgan fingerprint density at radius 2 is 2.04 bits per heavy atom. The molecule has 0 radical (unpaired) electrons. The van der Waals surface area contributed by atoms with Crippen LogP contribution in [0.1, 0.15) is 30.2 Å². The van der Waals surface area contributed by atoms with E-state index in [-0.39, 0.29) is 18.5 Å². The largest absolute Gasteiger partial charge is 0.395 e. The molecule has 1 atom stereocenters. The van der Waals surface area contributed by atoms with Gasteiger partial charge in [-0.15, -0.1) is 6.58 Å². The van der Waals surface area contributed by atoms with Crippen molar-refractivity contribution in [3.05, 3.63) is 65.8 Å². The average Bonchev–Trinajstić information content (AvgIpc) is 2.92. The quantitative estimate of drug-likeness (QED) is 0.717. The molecule has 0 fully saturated rings. The van der Waals surface area contributed by atoms with Gasteiger partial charge in [0.1, 0.15) is 5.82 Å². The third-order valence-electron chi connectivity index (χ3n) is 4.38. The lowest BCUT2D eigenvalue weighted by Crippen LogP contribution is -2.36. The zero-order valence-electron chi connectivity index (χ0n) is 14.5. The molecule has 1 N–H and O–H groups in total. The van der Waals surface area contributed by atoms with Crippen molar-refractivity contribution in [3.8, 4) is 0 Å². The Morgan fingerprint density at radius 3 is 2.62 bits per heavy atom. The van der Waals surface area contributed by atoms with Gasteiger partial charge in [0.15, 0.2) is 0 Å². The van der Waals surface area contributed by atoms with Crippen LogP contribution in [-0.4, -0.2) is 32.4 Å². The highest BCUT2D eigenvalue weighted by Crippen LogP contribution is 2.18. The summed E-state index contributed by atoms with van der Waals surface area (Å²) in [5.41, 5.74) is 3.26. The number of benzene rings is 1. The van der Waals surface area contributed by atoms with E-state index in [1.54, 1.807) is 12.1 Å². The van der Waals surface area contributed by atoms with Crippen LogP contribution >= 0.6 is 0 Å². The van der Waals surface area contributed by atoms with Gasteiger partial charge in [-0.3, -0.25) is 9.58 Å². The number of halogens is 1. The second kappa shape index (κ2) is 8.76. The molecule has 0 saturated carbocycles. The molecule has 0 bridgehead atoms. The summed E-state index contributed by atoms with van der Waals surface area (Å²) in [6.45, 7) is 9.98. The minimum absolute atomic E-state index is 0.0530. The van der Waals surface area contributed by atoms with Gasteiger partial charge < -0.3 is 5.11 Å². The van der Waals surface area contributed by atoms with E-state index in [1.165, 1.54) is 12.1 Å². The fourth-order valence-corrected chi connectivity index (χ4v) is 2.81. The summed E-state index contributed by atoms with van der Waals surface area (Å²) in [4.78, 5) is 2.22. The highest BCUT2D eigenvalue weighted by molar-refractivity contribution is 5.19. The molecular formula is C19H26FN3O. The van der Waals surface area contributed by atoms with Crippen LogP contribution in [0.4, 0.5) is 4.39 Å². The molecule has 0 spiro atoms. The number of allylic oxidation sites excluding steroid dienone is 1. The monoisotopic (exact) mass is 331 g/mol. The molecule has 0 unspecified atom stereocenters.